The summed E-state index contributed by atoms with van der Waals surface area (Å²) in [5, 5.41) is 7.75. The van der Waals surface area contributed by atoms with Crippen LogP contribution in [0.25, 0.3) is 0 Å². The van der Waals surface area contributed by atoms with Crippen LogP contribution in [-0.4, -0.2) is 31.6 Å². The van der Waals surface area contributed by atoms with Crippen LogP contribution in [0.15, 0.2) is 0 Å². The molecule has 0 amide bonds. The third-order valence-corrected chi connectivity index (χ3v) is 0.581. The van der Waals surface area contributed by atoms with Crippen molar-refractivity contribution in [1.29, 1.82) is 0 Å². The highest BCUT2D eigenvalue weighted by Crippen LogP contribution is 1.71. The van der Waals surface area contributed by atoms with Gasteiger partial charge in [-0.25, -0.2) is 4.89 Å². The summed E-state index contributed by atoms with van der Waals surface area (Å²) in [6.45, 7) is 1.63. The quantitative estimate of drug-likeness (QED) is 0.291. The summed E-state index contributed by atoms with van der Waals surface area (Å²) in [6.07, 6.45) is 0. The van der Waals surface area contributed by atoms with Gasteiger partial charge in [0.25, 0.3) is 0 Å². The zero-order valence-electron chi connectivity index (χ0n) is 4.67. The average Bonchev–Trinajstić information content (AvgIpc) is 1.81. The number of rotatable bonds is 5. The summed E-state index contributed by atoms with van der Waals surface area (Å²) in [6, 6.07) is 0. The minimum Gasteiger partial charge on any atom is -0.378 e. The van der Waals surface area contributed by atoms with Crippen molar-refractivity contribution in [3.8, 4) is 0 Å². The van der Waals surface area contributed by atoms with Crippen molar-refractivity contribution in [2.24, 2.45) is 5.73 Å². The van der Waals surface area contributed by atoms with Crippen LogP contribution in [0.5, 0.6) is 0 Å². The predicted molar refractivity (Wildman–Crippen MR) is 28.5 cm³/mol. The molecule has 0 bridgehead atoms. The first-order valence-corrected chi connectivity index (χ1v) is 2.46. The smallest absolute Gasteiger partial charge is 0.105 e. The van der Waals surface area contributed by atoms with E-state index < -0.39 is 0 Å². The lowest BCUT2D eigenvalue weighted by Gasteiger charge is -1.97. The SMILES string of the molecule is NCCOCCOO. The predicted octanol–water partition coefficient (Wildman–Crippen LogP) is -0.549. The fraction of sp³-hybridized carbons (Fsp3) is 1.00. The van der Waals surface area contributed by atoms with Gasteiger partial charge in [-0.3, -0.25) is 5.26 Å². The number of nitrogens with two attached hydrogens (primary N) is 1. The highest BCUT2D eigenvalue weighted by atomic mass is 17.1. The minimum absolute atomic E-state index is 0.208. The van der Waals surface area contributed by atoms with E-state index in [9.17, 15) is 0 Å². The van der Waals surface area contributed by atoms with E-state index in [2.05, 4.69) is 4.89 Å². The maximum absolute atomic E-state index is 7.75. The van der Waals surface area contributed by atoms with Gasteiger partial charge in [0.15, 0.2) is 0 Å². The summed E-state index contributed by atoms with van der Waals surface area (Å²) in [5.41, 5.74) is 5.08. The molecule has 4 nitrogen and oxygen atoms in total. The van der Waals surface area contributed by atoms with Crippen molar-refractivity contribution in [1.82, 2.24) is 0 Å². The van der Waals surface area contributed by atoms with Gasteiger partial charge in [0.05, 0.1) is 13.2 Å². The van der Waals surface area contributed by atoms with Gasteiger partial charge in [-0.1, -0.05) is 0 Å². The topological polar surface area (TPSA) is 64.7 Å². The van der Waals surface area contributed by atoms with E-state index in [1.165, 1.54) is 0 Å². The lowest BCUT2D eigenvalue weighted by molar-refractivity contribution is -0.248. The first-order valence-electron chi connectivity index (χ1n) is 2.46. The van der Waals surface area contributed by atoms with Gasteiger partial charge in [0.1, 0.15) is 6.61 Å². The third kappa shape index (κ3) is 5.84. The molecular weight excluding hydrogens is 110 g/mol. The zero-order valence-corrected chi connectivity index (χ0v) is 4.67. The lowest BCUT2D eigenvalue weighted by atomic mass is 10.7. The standard InChI is InChI=1S/C4H11NO3/c5-1-2-7-3-4-8-6/h6H,1-5H2. The fourth-order valence-electron chi connectivity index (χ4n) is 0.282. The maximum atomic E-state index is 7.75. The minimum atomic E-state index is 0.208. The van der Waals surface area contributed by atoms with Crippen molar-refractivity contribution in [2.75, 3.05) is 26.4 Å². The Morgan fingerprint density at radius 3 is 2.50 bits per heavy atom. The molecule has 0 aliphatic rings. The van der Waals surface area contributed by atoms with Crippen molar-refractivity contribution >= 4 is 0 Å². The van der Waals surface area contributed by atoms with Crippen LogP contribution < -0.4 is 5.73 Å². The van der Waals surface area contributed by atoms with Gasteiger partial charge in [-0.05, 0) is 0 Å². The summed E-state index contributed by atoms with van der Waals surface area (Å²) >= 11 is 0. The van der Waals surface area contributed by atoms with Crippen LogP contribution in [0, 0.1) is 0 Å². The molecule has 0 aromatic rings. The van der Waals surface area contributed by atoms with Crippen LogP contribution in [0.3, 0.4) is 0 Å². The van der Waals surface area contributed by atoms with Crippen LogP contribution in [0.4, 0.5) is 0 Å². The molecule has 0 aromatic carbocycles. The maximum Gasteiger partial charge on any atom is 0.105 e. The van der Waals surface area contributed by atoms with Gasteiger partial charge >= 0.3 is 0 Å². The molecule has 4 heteroatoms. The molecule has 0 fully saturated rings. The summed E-state index contributed by atoms with van der Waals surface area (Å²) in [5.74, 6) is 0. The summed E-state index contributed by atoms with van der Waals surface area (Å²) in [7, 11) is 0. The van der Waals surface area contributed by atoms with Crippen LogP contribution in [0.1, 0.15) is 0 Å². The van der Waals surface area contributed by atoms with Gasteiger partial charge < -0.3 is 10.5 Å². The van der Waals surface area contributed by atoms with Gasteiger partial charge in [-0.2, -0.15) is 0 Å². The molecule has 0 atom stereocenters. The molecule has 3 N–H and O–H groups in total. The van der Waals surface area contributed by atoms with E-state index in [1.54, 1.807) is 0 Å². The first-order chi connectivity index (χ1) is 3.91. The molecule has 0 rings (SSSR count). The normalized spacial score (nSPS) is 9.75. The Kier molecular flexibility index (Phi) is 6.70. The summed E-state index contributed by atoms with van der Waals surface area (Å²) in [4.78, 5) is 3.72. The van der Waals surface area contributed by atoms with Crippen molar-refractivity contribution in [3.05, 3.63) is 0 Å². The highest BCUT2D eigenvalue weighted by Gasteiger charge is 1.83. The molecule has 0 aliphatic heterocycles. The molecule has 0 saturated carbocycles. The molecule has 0 unspecified atom stereocenters. The second kappa shape index (κ2) is 6.84. The fourth-order valence-corrected chi connectivity index (χ4v) is 0.282. The van der Waals surface area contributed by atoms with E-state index in [-0.39, 0.29) is 6.61 Å². The van der Waals surface area contributed by atoms with E-state index in [4.69, 9.17) is 15.7 Å². The first kappa shape index (κ1) is 7.84. The Morgan fingerprint density at radius 2 is 2.00 bits per heavy atom. The van der Waals surface area contributed by atoms with Crippen LogP contribution in [-0.2, 0) is 9.62 Å². The average molecular weight is 121 g/mol. The molecule has 0 radical (unpaired) electrons. The second-order valence-electron chi connectivity index (χ2n) is 1.23. The number of hydrogen-bond donors (Lipinski definition) is 2. The molecule has 50 valence electrons. The molecular formula is C4H11NO3. The van der Waals surface area contributed by atoms with Crippen molar-refractivity contribution in [3.63, 3.8) is 0 Å². The van der Waals surface area contributed by atoms with Gasteiger partial charge in [0, 0.05) is 6.54 Å². The Labute approximate surface area is 48.1 Å². The molecule has 0 aromatic heterocycles. The van der Waals surface area contributed by atoms with E-state index in [0.29, 0.717) is 19.8 Å². The van der Waals surface area contributed by atoms with E-state index >= 15 is 0 Å². The second-order valence-corrected chi connectivity index (χ2v) is 1.23. The number of ether oxygens (including phenoxy) is 1. The Bertz CT molecular complexity index is 36.3. The van der Waals surface area contributed by atoms with Gasteiger partial charge in [0.2, 0.25) is 0 Å². The molecule has 0 heterocycles. The Balaban J connectivity index is 2.53. The molecule has 0 saturated heterocycles. The largest absolute Gasteiger partial charge is 0.378 e. The summed E-state index contributed by atoms with van der Waals surface area (Å²) < 4.78 is 4.81. The zero-order chi connectivity index (χ0) is 6.24. The monoisotopic (exact) mass is 121 g/mol. The third-order valence-electron chi connectivity index (χ3n) is 0.581. The highest BCUT2D eigenvalue weighted by molar-refractivity contribution is 4.29. The molecule has 8 heavy (non-hydrogen) atoms. The Hall–Kier alpha value is -0.160. The van der Waals surface area contributed by atoms with Crippen LogP contribution >= 0.6 is 0 Å². The molecule has 0 aliphatic carbocycles. The van der Waals surface area contributed by atoms with Crippen molar-refractivity contribution in [2.45, 2.75) is 0 Å². The van der Waals surface area contributed by atoms with E-state index in [1.807, 2.05) is 0 Å². The van der Waals surface area contributed by atoms with Crippen molar-refractivity contribution < 1.29 is 14.9 Å². The van der Waals surface area contributed by atoms with Crippen LogP contribution in [0.2, 0.25) is 0 Å². The molecule has 0 spiro atoms. The van der Waals surface area contributed by atoms with E-state index in [0.717, 1.165) is 0 Å². The number of hydrogen-bond acceptors (Lipinski definition) is 4. The lowest BCUT2D eigenvalue weighted by Crippen LogP contribution is -2.11. The Morgan fingerprint density at radius 1 is 1.25 bits per heavy atom. The van der Waals surface area contributed by atoms with Gasteiger partial charge in [-0.15, -0.1) is 0 Å².